The Bertz CT molecular complexity index is 1360. The van der Waals surface area contributed by atoms with Crippen LogP contribution in [0.2, 0.25) is 0 Å². The summed E-state index contributed by atoms with van der Waals surface area (Å²) in [5.74, 6) is 0.570. The highest BCUT2D eigenvalue weighted by atomic mass is 19.1. The third-order valence-electron chi connectivity index (χ3n) is 6.08. The van der Waals surface area contributed by atoms with Gasteiger partial charge in [-0.1, -0.05) is 12.1 Å². The molecule has 1 fully saturated rings. The van der Waals surface area contributed by atoms with E-state index in [4.69, 9.17) is 10.5 Å². The van der Waals surface area contributed by atoms with E-state index in [0.717, 1.165) is 30.4 Å². The van der Waals surface area contributed by atoms with Gasteiger partial charge in [-0.25, -0.2) is 19.3 Å². The van der Waals surface area contributed by atoms with Crippen LogP contribution >= 0.6 is 0 Å². The summed E-state index contributed by atoms with van der Waals surface area (Å²) < 4.78 is 22.5. The molecule has 34 heavy (non-hydrogen) atoms. The molecule has 1 aliphatic rings. The van der Waals surface area contributed by atoms with Gasteiger partial charge >= 0.3 is 0 Å². The number of nitrogen functional groups attached to an aromatic ring is 1. The van der Waals surface area contributed by atoms with Gasteiger partial charge in [0.25, 0.3) is 0 Å². The third-order valence-corrected chi connectivity index (χ3v) is 6.08. The standard InChI is InChI=1S/C25H23FN6O2/c1-15-29-13-22(32(15)18-6-9-34-10-7-18)24-21(26)12-30-25(31-24)20-4-2-3-19(23(20)27)16-5-8-28-17(11-16)14-33/h2-5,8,11-14,18H,6-7,9-10,27H2,1H3. The Morgan fingerprint density at radius 3 is 2.71 bits per heavy atom. The number of carbonyl (C=O) groups is 1. The topological polar surface area (TPSA) is 109 Å². The van der Waals surface area contributed by atoms with Crippen molar-refractivity contribution in [3.63, 3.8) is 0 Å². The van der Waals surface area contributed by atoms with Gasteiger partial charge in [0, 0.05) is 36.6 Å². The van der Waals surface area contributed by atoms with Gasteiger partial charge in [-0.3, -0.25) is 9.78 Å². The zero-order valence-corrected chi connectivity index (χ0v) is 18.6. The van der Waals surface area contributed by atoms with E-state index in [1.807, 2.05) is 23.6 Å². The Morgan fingerprint density at radius 1 is 1.12 bits per heavy atom. The average molecular weight is 458 g/mol. The van der Waals surface area contributed by atoms with Crippen LogP contribution in [0, 0.1) is 12.7 Å². The lowest BCUT2D eigenvalue weighted by Gasteiger charge is -2.26. The first-order chi connectivity index (χ1) is 16.6. The first-order valence-electron chi connectivity index (χ1n) is 11.0. The summed E-state index contributed by atoms with van der Waals surface area (Å²) in [6, 6.07) is 9.06. The number of carbonyl (C=O) groups excluding carboxylic acids is 1. The van der Waals surface area contributed by atoms with Gasteiger partial charge in [-0.2, -0.15) is 0 Å². The van der Waals surface area contributed by atoms with Crippen LogP contribution in [0.25, 0.3) is 33.9 Å². The monoisotopic (exact) mass is 458 g/mol. The molecule has 1 saturated heterocycles. The number of benzene rings is 1. The molecule has 3 aromatic heterocycles. The van der Waals surface area contributed by atoms with Gasteiger partial charge in [0.05, 0.1) is 23.8 Å². The van der Waals surface area contributed by atoms with Crippen LogP contribution in [0.3, 0.4) is 0 Å². The minimum atomic E-state index is -0.531. The number of nitrogens with two attached hydrogens (primary N) is 1. The smallest absolute Gasteiger partial charge is 0.169 e. The summed E-state index contributed by atoms with van der Waals surface area (Å²) in [7, 11) is 0. The molecule has 5 rings (SSSR count). The minimum Gasteiger partial charge on any atom is -0.398 e. The molecule has 0 amide bonds. The van der Waals surface area contributed by atoms with Crippen LogP contribution in [0.5, 0.6) is 0 Å². The summed E-state index contributed by atoms with van der Waals surface area (Å²) >= 11 is 0. The van der Waals surface area contributed by atoms with E-state index in [1.165, 1.54) is 0 Å². The van der Waals surface area contributed by atoms with Crippen LogP contribution in [-0.2, 0) is 4.74 Å². The number of para-hydroxylation sites is 1. The van der Waals surface area contributed by atoms with Crippen molar-refractivity contribution in [1.82, 2.24) is 24.5 Å². The number of aryl methyl sites for hydroxylation is 1. The van der Waals surface area contributed by atoms with E-state index < -0.39 is 5.82 Å². The molecular formula is C25H23FN6O2. The molecule has 0 bridgehead atoms. The number of hydrogen-bond acceptors (Lipinski definition) is 7. The fraction of sp³-hybridized carbons (Fsp3) is 0.240. The summed E-state index contributed by atoms with van der Waals surface area (Å²) in [5, 5.41) is 0. The molecule has 0 saturated carbocycles. The van der Waals surface area contributed by atoms with Crippen LogP contribution in [0.1, 0.15) is 35.2 Å². The highest BCUT2D eigenvalue weighted by Gasteiger charge is 2.24. The van der Waals surface area contributed by atoms with Crippen LogP contribution < -0.4 is 5.73 Å². The Morgan fingerprint density at radius 2 is 1.91 bits per heavy atom. The molecule has 172 valence electrons. The molecule has 4 heterocycles. The van der Waals surface area contributed by atoms with Gasteiger partial charge in [0.2, 0.25) is 0 Å². The van der Waals surface area contributed by atoms with Gasteiger partial charge in [0.1, 0.15) is 17.2 Å². The Labute approximate surface area is 195 Å². The Hall–Kier alpha value is -3.98. The van der Waals surface area contributed by atoms with Crippen molar-refractivity contribution in [2.24, 2.45) is 0 Å². The molecule has 0 unspecified atom stereocenters. The number of halogens is 1. The number of imidazole rings is 1. The van der Waals surface area contributed by atoms with E-state index in [-0.39, 0.29) is 11.7 Å². The lowest BCUT2D eigenvalue weighted by molar-refractivity contribution is 0.0694. The zero-order valence-electron chi connectivity index (χ0n) is 18.6. The summed E-state index contributed by atoms with van der Waals surface area (Å²) in [6.07, 6.45) is 6.70. The molecule has 1 aromatic carbocycles. The third kappa shape index (κ3) is 3.94. The fourth-order valence-electron chi connectivity index (χ4n) is 4.40. The first-order valence-corrected chi connectivity index (χ1v) is 11.0. The second-order valence-electron chi connectivity index (χ2n) is 8.15. The molecule has 0 spiro atoms. The number of rotatable bonds is 5. The minimum absolute atomic E-state index is 0.163. The molecule has 0 radical (unpaired) electrons. The number of pyridine rings is 1. The zero-order chi connectivity index (χ0) is 23.7. The maximum absolute atomic E-state index is 15.0. The average Bonchev–Trinajstić information content (AvgIpc) is 3.26. The van der Waals surface area contributed by atoms with Crippen LogP contribution in [-0.4, -0.2) is 44.0 Å². The van der Waals surface area contributed by atoms with Crippen molar-refractivity contribution in [3.05, 3.63) is 66.3 Å². The van der Waals surface area contributed by atoms with E-state index in [0.29, 0.717) is 53.5 Å². The second kappa shape index (κ2) is 9.11. The van der Waals surface area contributed by atoms with Gasteiger partial charge in [-0.15, -0.1) is 0 Å². The first kappa shape index (κ1) is 21.8. The van der Waals surface area contributed by atoms with Gasteiger partial charge in [-0.05, 0) is 43.5 Å². The molecule has 0 atom stereocenters. The number of aromatic nitrogens is 5. The summed E-state index contributed by atoms with van der Waals surface area (Å²) in [5.41, 5.74) is 10.0. The Balaban J connectivity index is 1.59. The van der Waals surface area contributed by atoms with Crippen molar-refractivity contribution in [3.8, 4) is 33.9 Å². The summed E-state index contributed by atoms with van der Waals surface area (Å²) in [4.78, 5) is 28.4. The largest absolute Gasteiger partial charge is 0.398 e. The lowest BCUT2D eigenvalue weighted by Crippen LogP contribution is -2.21. The number of aldehydes is 1. The maximum atomic E-state index is 15.0. The SMILES string of the molecule is Cc1ncc(-c2nc(-c3cccc(-c4ccnc(C=O)c4)c3N)ncc2F)n1C1CCOCC1. The van der Waals surface area contributed by atoms with Crippen molar-refractivity contribution in [2.75, 3.05) is 18.9 Å². The molecule has 8 nitrogen and oxygen atoms in total. The highest BCUT2D eigenvalue weighted by Crippen LogP contribution is 2.35. The number of ether oxygens (including phenoxy) is 1. The fourth-order valence-corrected chi connectivity index (χ4v) is 4.40. The molecular weight excluding hydrogens is 435 g/mol. The molecule has 1 aliphatic heterocycles. The lowest BCUT2D eigenvalue weighted by atomic mass is 10.00. The second-order valence-corrected chi connectivity index (χ2v) is 8.15. The summed E-state index contributed by atoms with van der Waals surface area (Å²) in [6.45, 7) is 3.22. The molecule has 2 N–H and O–H groups in total. The van der Waals surface area contributed by atoms with Crippen molar-refractivity contribution in [1.29, 1.82) is 0 Å². The van der Waals surface area contributed by atoms with E-state index in [9.17, 15) is 9.18 Å². The number of hydrogen-bond donors (Lipinski definition) is 1. The molecule has 0 aliphatic carbocycles. The highest BCUT2D eigenvalue weighted by molar-refractivity contribution is 5.88. The normalized spacial score (nSPS) is 14.3. The van der Waals surface area contributed by atoms with E-state index >= 15 is 0 Å². The van der Waals surface area contributed by atoms with E-state index in [1.54, 1.807) is 30.6 Å². The number of nitrogens with zero attached hydrogens (tertiary/aromatic N) is 5. The number of anilines is 1. The Kier molecular flexibility index (Phi) is 5.85. The van der Waals surface area contributed by atoms with Gasteiger partial charge < -0.3 is 15.0 Å². The molecule has 9 heteroatoms. The van der Waals surface area contributed by atoms with E-state index in [2.05, 4.69) is 19.9 Å². The predicted molar refractivity (Wildman–Crippen MR) is 126 cm³/mol. The molecule has 4 aromatic rings. The van der Waals surface area contributed by atoms with Crippen molar-refractivity contribution in [2.45, 2.75) is 25.8 Å². The predicted octanol–water partition coefficient (Wildman–Crippen LogP) is 4.26. The van der Waals surface area contributed by atoms with Gasteiger partial charge in [0.15, 0.2) is 17.9 Å². The van der Waals surface area contributed by atoms with Crippen LogP contribution in [0.4, 0.5) is 10.1 Å². The quantitative estimate of drug-likeness (QED) is 0.351. The van der Waals surface area contributed by atoms with Crippen molar-refractivity contribution < 1.29 is 13.9 Å². The van der Waals surface area contributed by atoms with Crippen LogP contribution in [0.15, 0.2) is 48.9 Å². The van der Waals surface area contributed by atoms with Crippen molar-refractivity contribution >= 4 is 12.0 Å². The maximum Gasteiger partial charge on any atom is 0.169 e.